The maximum Gasteiger partial charge on any atom is 0.119 e. The minimum absolute atomic E-state index is 0.210. The summed E-state index contributed by atoms with van der Waals surface area (Å²) >= 11 is 6.45. The first-order chi connectivity index (χ1) is 16.4. The first kappa shape index (κ1) is 25.4. The number of aliphatic hydroxyl groups is 4. The van der Waals surface area contributed by atoms with E-state index in [0.29, 0.717) is 23.1 Å². The number of methoxy groups -OCH3 is 1. The zero-order chi connectivity index (χ0) is 24.2. The van der Waals surface area contributed by atoms with Crippen molar-refractivity contribution in [3.8, 4) is 5.75 Å². The molecule has 2 aromatic carbocycles. The average molecular weight is 493 g/mol. The number of hydrogen-bond acceptors (Lipinski definition) is 7. The molecule has 2 aliphatic rings. The Morgan fingerprint density at radius 3 is 2.24 bits per heavy atom. The second kappa shape index (κ2) is 11.4. The maximum atomic E-state index is 10.4. The topological polar surface area (TPSA) is 109 Å². The van der Waals surface area contributed by atoms with Crippen LogP contribution in [-0.2, 0) is 15.9 Å². The Balaban J connectivity index is 1.42. The third kappa shape index (κ3) is 5.74. The summed E-state index contributed by atoms with van der Waals surface area (Å²) in [5, 5.41) is 40.6. The molecule has 186 valence electrons. The van der Waals surface area contributed by atoms with E-state index < -0.39 is 37.1 Å². The molecule has 1 saturated heterocycles. The monoisotopic (exact) mass is 492 g/mol. The Hall–Kier alpha value is -1.71. The summed E-state index contributed by atoms with van der Waals surface area (Å²) in [5.41, 5.74) is 2.49. The fourth-order valence-corrected chi connectivity index (χ4v) is 4.95. The highest BCUT2D eigenvalue weighted by Gasteiger charge is 2.44. The van der Waals surface area contributed by atoms with Crippen LogP contribution in [0.5, 0.6) is 5.75 Å². The third-order valence-electron chi connectivity index (χ3n) is 6.87. The van der Waals surface area contributed by atoms with Gasteiger partial charge in [0.25, 0.3) is 0 Å². The van der Waals surface area contributed by atoms with Gasteiger partial charge in [-0.3, -0.25) is 0 Å². The number of benzene rings is 2. The quantitative estimate of drug-likeness (QED) is 0.470. The molecule has 1 saturated carbocycles. The smallest absolute Gasteiger partial charge is 0.119 e. The lowest BCUT2D eigenvalue weighted by Crippen LogP contribution is -2.55. The van der Waals surface area contributed by atoms with E-state index in [-0.39, 0.29) is 6.10 Å². The summed E-state index contributed by atoms with van der Waals surface area (Å²) in [4.78, 5) is 0. The first-order valence-electron chi connectivity index (χ1n) is 11.8. The Kier molecular flexibility index (Phi) is 8.47. The molecule has 0 aromatic heterocycles. The molecule has 0 amide bonds. The first-order valence-corrected chi connectivity index (χ1v) is 12.1. The number of aliphatic hydroxyl groups excluding tert-OH is 4. The van der Waals surface area contributed by atoms with E-state index in [9.17, 15) is 20.4 Å². The van der Waals surface area contributed by atoms with E-state index in [1.807, 2.05) is 30.3 Å². The van der Waals surface area contributed by atoms with Gasteiger partial charge in [0.1, 0.15) is 36.3 Å². The summed E-state index contributed by atoms with van der Waals surface area (Å²) in [6.07, 6.45) is -0.883. The SMILES string of the molecule is CO[C@H]1CC[C@@H](Oc2ccc(Cc3cc([C@@H]4O[C@H](CO)[C@@H](O)[C@H](O)[C@H]4O)ccc3Cl)cc2)CC1. The van der Waals surface area contributed by atoms with Crippen LogP contribution in [0, 0.1) is 0 Å². The Labute approximate surface area is 204 Å². The molecule has 0 bridgehead atoms. The van der Waals surface area contributed by atoms with Crippen molar-refractivity contribution in [3.05, 3.63) is 64.2 Å². The van der Waals surface area contributed by atoms with Gasteiger partial charge in [-0.15, -0.1) is 0 Å². The van der Waals surface area contributed by atoms with Crippen LogP contribution in [0.25, 0.3) is 0 Å². The van der Waals surface area contributed by atoms with Crippen LogP contribution in [0.15, 0.2) is 42.5 Å². The van der Waals surface area contributed by atoms with Crippen LogP contribution in [0.4, 0.5) is 0 Å². The minimum atomic E-state index is -1.42. The van der Waals surface area contributed by atoms with Gasteiger partial charge in [-0.05, 0) is 67.0 Å². The maximum absolute atomic E-state index is 10.4. The summed E-state index contributed by atoms with van der Waals surface area (Å²) < 4.78 is 17.2. The molecule has 2 aromatic rings. The van der Waals surface area contributed by atoms with Gasteiger partial charge in [0.05, 0.1) is 18.8 Å². The predicted octanol–water partition coefficient (Wildman–Crippen LogP) is 2.78. The molecule has 0 unspecified atom stereocenters. The minimum Gasteiger partial charge on any atom is -0.490 e. The van der Waals surface area contributed by atoms with Crippen LogP contribution in [0.2, 0.25) is 5.02 Å². The van der Waals surface area contributed by atoms with Crippen molar-refractivity contribution in [1.29, 1.82) is 0 Å². The molecular weight excluding hydrogens is 460 g/mol. The summed E-state index contributed by atoms with van der Waals surface area (Å²) in [5.74, 6) is 0.839. The molecule has 7 nitrogen and oxygen atoms in total. The van der Waals surface area contributed by atoms with E-state index in [2.05, 4.69) is 0 Å². The Morgan fingerprint density at radius 1 is 0.912 bits per heavy atom. The van der Waals surface area contributed by atoms with E-state index in [4.69, 9.17) is 25.8 Å². The van der Waals surface area contributed by atoms with E-state index in [0.717, 1.165) is 42.6 Å². The van der Waals surface area contributed by atoms with Gasteiger partial charge in [0.15, 0.2) is 0 Å². The lowest BCUT2D eigenvalue weighted by atomic mass is 9.90. The lowest BCUT2D eigenvalue weighted by molar-refractivity contribution is -0.231. The normalized spacial score (nSPS) is 31.9. The summed E-state index contributed by atoms with van der Waals surface area (Å²) in [7, 11) is 1.76. The highest BCUT2D eigenvalue weighted by atomic mass is 35.5. The van der Waals surface area contributed by atoms with Crippen molar-refractivity contribution in [2.24, 2.45) is 0 Å². The van der Waals surface area contributed by atoms with Crippen molar-refractivity contribution < 1.29 is 34.6 Å². The number of ether oxygens (including phenoxy) is 3. The molecule has 5 atom stereocenters. The molecule has 34 heavy (non-hydrogen) atoms. The number of halogens is 1. The summed E-state index contributed by atoms with van der Waals surface area (Å²) in [6, 6.07) is 13.2. The molecule has 8 heteroatoms. The highest BCUT2D eigenvalue weighted by Crippen LogP contribution is 2.34. The summed E-state index contributed by atoms with van der Waals surface area (Å²) in [6.45, 7) is -0.468. The van der Waals surface area contributed by atoms with E-state index >= 15 is 0 Å². The van der Waals surface area contributed by atoms with Crippen LogP contribution in [-0.4, -0.2) is 70.8 Å². The van der Waals surface area contributed by atoms with Gasteiger partial charge in [-0.1, -0.05) is 35.9 Å². The van der Waals surface area contributed by atoms with Crippen molar-refractivity contribution in [2.75, 3.05) is 13.7 Å². The second-order valence-corrected chi connectivity index (χ2v) is 9.58. The van der Waals surface area contributed by atoms with Gasteiger partial charge in [-0.25, -0.2) is 0 Å². The number of hydrogen-bond donors (Lipinski definition) is 4. The average Bonchev–Trinajstić information content (AvgIpc) is 2.86. The van der Waals surface area contributed by atoms with Crippen LogP contribution in [0.3, 0.4) is 0 Å². The fraction of sp³-hybridized carbons (Fsp3) is 0.538. The largest absolute Gasteiger partial charge is 0.490 e. The molecule has 0 spiro atoms. The molecule has 4 N–H and O–H groups in total. The molecule has 0 radical (unpaired) electrons. The van der Waals surface area contributed by atoms with E-state index in [1.54, 1.807) is 19.2 Å². The standard InChI is InChI=1S/C26H33ClO7/c1-32-18-7-9-20(10-8-18)33-19-5-2-15(3-6-19)12-17-13-16(4-11-21(17)27)26-25(31)24(30)23(29)22(14-28)34-26/h2-6,11,13,18,20,22-26,28-31H,7-10,12,14H2,1H3/t18-,20+,22-,23-,24+,25-,26+/m1/s1. The van der Waals surface area contributed by atoms with Gasteiger partial charge < -0.3 is 34.6 Å². The third-order valence-corrected chi connectivity index (χ3v) is 7.23. The van der Waals surface area contributed by atoms with Gasteiger partial charge in [-0.2, -0.15) is 0 Å². The Bertz CT molecular complexity index is 927. The zero-order valence-corrected chi connectivity index (χ0v) is 20.0. The molecule has 1 aliphatic heterocycles. The van der Waals surface area contributed by atoms with Crippen LogP contribution in [0.1, 0.15) is 48.5 Å². The highest BCUT2D eigenvalue weighted by molar-refractivity contribution is 6.31. The molecule has 4 rings (SSSR count). The molecule has 1 heterocycles. The van der Waals surface area contributed by atoms with Crippen molar-refractivity contribution in [1.82, 2.24) is 0 Å². The van der Waals surface area contributed by atoms with Crippen molar-refractivity contribution >= 4 is 11.6 Å². The lowest BCUT2D eigenvalue weighted by Gasteiger charge is -2.40. The molecular formula is C26H33ClO7. The molecule has 2 fully saturated rings. The van der Waals surface area contributed by atoms with E-state index in [1.165, 1.54) is 0 Å². The van der Waals surface area contributed by atoms with Gasteiger partial charge in [0.2, 0.25) is 0 Å². The van der Waals surface area contributed by atoms with Crippen molar-refractivity contribution in [3.63, 3.8) is 0 Å². The number of rotatable bonds is 7. The molecule has 1 aliphatic carbocycles. The van der Waals surface area contributed by atoms with Crippen molar-refractivity contribution in [2.45, 2.75) is 74.8 Å². The predicted molar refractivity (Wildman–Crippen MR) is 127 cm³/mol. The van der Waals surface area contributed by atoms with Gasteiger partial charge in [0, 0.05) is 12.1 Å². The zero-order valence-electron chi connectivity index (χ0n) is 19.2. The Morgan fingerprint density at radius 2 is 1.59 bits per heavy atom. The van der Waals surface area contributed by atoms with Crippen LogP contribution >= 0.6 is 11.6 Å². The fourth-order valence-electron chi connectivity index (χ4n) is 4.77. The second-order valence-electron chi connectivity index (χ2n) is 9.17. The van der Waals surface area contributed by atoms with Crippen LogP contribution < -0.4 is 4.74 Å². The van der Waals surface area contributed by atoms with Gasteiger partial charge >= 0.3 is 0 Å².